The summed E-state index contributed by atoms with van der Waals surface area (Å²) >= 11 is 3.05. The number of aryl methyl sites for hydroxylation is 1. The van der Waals surface area contributed by atoms with E-state index in [0.29, 0.717) is 0 Å². The number of aromatic nitrogens is 2. The van der Waals surface area contributed by atoms with Gasteiger partial charge in [0, 0.05) is 20.0 Å². The molecule has 1 fully saturated rings. The number of halogens is 1. The van der Waals surface area contributed by atoms with Crippen LogP contribution in [0, 0.1) is 6.92 Å². The standard InChI is InChI=1S/C22H23BrN2O10S/c1-12-4-6-16(7-5-12)36(30,31)35-18-17(11-32-13(2)26)34-21(19(18)33-14(3)27)25-10-15(8-9-23)20(28)24-22(25)29/h4-10,17-19,21H,11H2,1-3H3,(H,24,28,29)/b9-8+/t17-,18+,19-,21-/m1/s1. The number of nitrogens with one attached hydrogen (secondary N) is 1. The van der Waals surface area contributed by atoms with Crippen LogP contribution in [0.25, 0.3) is 6.08 Å². The number of benzene rings is 1. The monoisotopic (exact) mass is 586 g/mol. The van der Waals surface area contributed by atoms with Gasteiger partial charge in [-0.3, -0.25) is 28.1 Å². The third-order valence-electron chi connectivity index (χ3n) is 5.10. The van der Waals surface area contributed by atoms with Crippen LogP contribution in [0.2, 0.25) is 0 Å². The lowest BCUT2D eigenvalue weighted by molar-refractivity contribution is -0.155. The van der Waals surface area contributed by atoms with Crippen LogP contribution in [-0.4, -0.2) is 54.8 Å². The molecular weight excluding hydrogens is 564 g/mol. The van der Waals surface area contributed by atoms with Crippen molar-refractivity contribution in [3.63, 3.8) is 0 Å². The number of carbonyl (C=O) groups excluding carboxylic acids is 2. The summed E-state index contributed by atoms with van der Waals surface area (Å²) in [6.45, 7) is 3.53. The predicted octanol–water partition coefficient (Wildman–Crippen LogP) is 1.38. The number of nitrogens with zero attached hydrogens (tertiary/aromatic N) is 1. The van der Waals surface area contributed by atoms with Gasteiger partial charge in [-0.05, 0) is 30.1 Å². The van der Waals surface area contributed by atoms with E-state index in [9.17, 15) is 27.6 Å². The molecule has 0 bridgehead atoms. The van der Waals surface area contributed by atoms with Gasteiger partial charge in [-0.25, -0.2) is 4.79 Å². The maximum Gasteiger partial charge on any atom is 0.330 e. The van der Waals surface area contributed by atoms with Crippen molar-refractivity contribution in [2.75, 3.05) is 6.61 Å². The molecule has 14 heteroatoms. The number of ether oxygens (including phenoxy) is 3. The fraction of sp³-hybridized carbons (Fsp3) is 0.364. The zero-order valence-corrected chi connectivity index (χ0v) is 21.8. The van der Waals surface area contributed by atoms with Crippen molar-refractivity contribution < 1.29 is 36.4 Å². The molecule has 0 spiro atoms. The minimum Gasteiger partial charge on any atom is -0.463 e. The van der Waals surface area contributed by atoms with Crippen LogP contribution in [-0.2, 0) is 38.1 Å². The summed E-state index contributed by atoms with van der Waals surface area (Å²) in [5.74, 6) is -1.50. The van der Waals surface area contributed by atoms with E-state index in [1.807, 2.05) is 0 Å². The van der Waals surface area contributed by atoms with Crippen LogP contribution in [0.3, 0.4) is 0 Å². The Labute approximate surface area is 214 Å². The number of H-pyrrole nitrogens is 1. The minimum atomic E-state index is -4.41. The molecule has 0 unspecified atom stereocenters. The molecule has 3 rings (SSSR count). The van der Waals surface area contributed by atoms with Crippen LogP contribution in [0.4, 0.5) is 0 Å². The van der Waals surface area contributed by atoms with Gasteiger partial charge in [0.1, 0.15) is 18.8 Å². The Hall–Kier alpha value is -3.07. The van der Waals surface area contributed by atoms with E-state index in [1.165, 1.54) is 23.2 Å². The fourth-order valence-corrected chi connectivity index (χ4v) is 4.87. The van der Waals surface area contributed by atoms with Crippen molar-refractivity contribution in [2.45, 2.75) is 50.2 Å². The molecule has 0 amide bonds. The van der Waals surface area contributed by atoms with Crippen molar-refractivity contribution in [3.8, 4) is 0 Å². The lowest BCUT2D eigenvalue weighted by atomic mass is 10.1. The second-order valence-corrected chi connectivity index (χ2v) is 9.91. The van der Waals surface area contributed by atoms with Gasteiger partial charge in [0.15, 0.2) is 12.3 Å². The lowest BCUT2D eigenvalue weighted by Crippen LogP contribution is -2.43. The molecule has 36 heavy (non-hydrogen) atoms. The molecule has 1 aromatic carbocycles. The van der Waals surface area contributed by atoms with E-state index in [-0.39, 0.29) is 10.5 Å². The van der Waals surface area contributed by atoms with Crippen molar-refractivity contribution in [1.82, 2.24) is 9.55 Å². The Morgan fingerprint density at radius 3 is 2.39 bits per heavy atom. The van der Waals surface area contributed by atoms with Gasteiger partial charge in [0.2, 0.25) is 0 Å². The summed E-state index contributed by atoms with van der Waals surface area (Å²) in [5.41, 5.74) is -0.748. The Kier molecular flexibility index (Phi) is 8.66. The molecule has 0 aliphatic carbocycles. The molecule has 1 N–H and O–H groups in total. The number of esters is 2. The predicted molar refractivity (Wildman–Crippen MR) is 129 cm³/mol. The first-order valence-corrected chi connectivity index (χ1v) is 12.8. The van der Waals surface area contributed by atoms with Crippen molar-refractivity contribution in [3.05, 3.63) is 67.4 Å². The molecule has 1 aliphatic heterocycles. The molecule has 12 nitrogen and oxygen atoms in total. The van der Waals surface area contributed by atoms with Gasteiger partial charge in [-0.1, -0.05) is 33.6 Å². The highest BCUT2D eigenvalue weighted by Gasteiger charge is 2.51. The first-order valence-electron chi connectivity index (χ1n) is 10.5. The van der Waals surface area contributed by atoms with E-state index in [1.54, 1.807) is 19.1 Å². The molecule has 1 aromatic heterocycles. The Morgan fingerprint density at radius 1 is 1.14 bits per heavy atom. The Bertz CT molecular complexity index is 1380. The van der Waals surface area contributed by atoms with Crippen molar-refractivity contribution in [1.29, 1.82) is 0 Å². The molecule has 0 radical (unpaired) electrons. The smallest absolute Gasteiger partial charge is 0.330 e. The quantitative estimate of drug-likeness (QED) is 0.353. The highest BCUT2D eigenvalue weighted by atomic mass is 79.9. The van der Waals surface area contributed by atoms with Crippen LogP contribution in [0.15, 0.2) is 49.9 Å². The van der Waals surface area contributed by atoms with E-state index in [0.717, 1.165) is 30.2 Å². The maximum atomic E-state index is 13.1. The summed E-state index contributed by atoms with van der Waals surface area (Å²) in [4.78, 5) is 51.5. The third kappa shape index (κ3) is 6.37. The molecule has 1 aliphatic rings. The number of hydrogen-bond donors (Lipinski definition) is 1. The van der Waals surface area contributed by atoms with Crippen LogP contribution in [0.1, 0.15) is 31.2 Å². The van der Waals surface area contributed by atoms with E-state index in [2.05, 4.69) is 20.9 Å². The van der Waals surface area contributed by atoms with Gasteiger partial charge in [0.05, 0.1) is 10.5 Å². The first kappa shape index (κ1) is 27.5. The Morgan fingerprint density at radius 2 is 1.81 bits per heavy atom. The number of carbonyl (C=O) groups is 2. The summed E-state index contributed by atoms with van der Waals surface area (Å²) in [5, 5.41) is 0. The van der Waals surface area contributed by atoms with E-state index in [4.69, 9.17) is 18.4 Å². The van der Waals surface area contributed by atoms with E-state index < -0.39 is 64.5 Å². The molecule has 1 saturated heterocycles. The summed E-state index contributed by atoms with van der Waals surface area (Å²) in [6.07, 6.45) is -3.18. The summed E-state index contributed by atoms with van der Waals surface area (Å²) in [7, 11) is -4.41. The van der Waals surface area contributed by atoms with E-state index >= 15 is 0 Å². The number of hydrogen-bond acceptors (Lipinski definition) is 10. The summed E-state index contributed by atoms with van der Waals surface area (Å²) < 4.78 is 48.7. The summed E-state index contributed by atoms with van der Waals surface area (Å²) in [6, 6.07) is 5.82. The van der Waals surface area contributed by atoms with Crippen LogP contribution >= 0.6 is 15.9 Å². The normalized spacial score (nSPS) is 22.0. The highest BCUT2D eigenvalue weighted by molar-refractivity contribution is 9.11. The molecule has 2 heterocycles. The van der Waals surface area contributed by atoms with Crippen LogP contribution < -0.4 is 11.2 Å². The average Bonchev–Trinajstić information content (AvgIpc) is 3.10. The molecule has 4 atom stereocenters. The number of aromatic amines is 1. The second kappa shape index (κ2) is 11.3. The van der Waals surface area contributed by atoms with Gasteiger partial charge in [0.25, 0.3) is 15.7 Å². The first-order chi connectivity index (χ1) is 16.9. The van der Waals surface area contributed by atoms with Crippen molar-refractivity contribution >= 4 is 44.1 Å². The van der Waals surface area contributed by atoms with Gasteiger partial charge in [-0.2, -0.15) is 8.42 Å². The van der Waals surface area contributed by atoms with Gasteiger partial charge >= 0.3 is 17.6 Å². The third-order valence-corrected chi connectivity index (χ3v) is 6.69. The fourth-order valence-electron chi connectivity index (χ4n) is 3.48. The largest absolute Gasteiger partial charge is 0.463 e. The zero-order chi connectivity index (χ0) is 26.6. The topological polar surface area (TPSA) is 160 Å². The van der Waals surface area contributed by atoms with Crippen LogP contribution in [0.5, 0.6) is 0 Å². The maximum absolute atomic E-state index is 13.1. The second-order valence-electron chi connectivity index (χ2n) is 7.81. The molecule has 2 aromatic rings. The number of rotatable bonds is 8. The molecular formula is C22H23BrN2O10S. The SMILES string of the molecule is CC(=O)OC[C@H]1O[C@@H](n2cc(/C=C/Br)c(=O)[nH]c2=O)[C@H](OC(C)=O)[C@H]1OS(=O)(=O)c1ccc(C)cc1. The highest BCUT2D eigenvalue weighted by Crippen LogP contribution is 2.35. The van der Waals surface area contributed by atoms with Gasteiger partial charge in [-0.15, -0.1) is 0 Å². The van der Waals surface area contributed by atoms with Crippen molar-refractivity contribution in [2.24, 2.45) is 0 Å². The molecule has 0 saturated carbocycles. The zero-order valence-electron chi connectivity index (χ0n) is 19.4. The molecule has 194 valence electrons. The van der Waals surface area contributed by atoms with Gasteiger partial charge < -0.3 is 14.2 Å². The Balaban J connectivity index is 2.09. The lowest BCUT2D eigenvalue weighted by Gasteiger charge is -2.24. The average molecular weight is 587 g/mol. The minimum absolute atomic E-state index is 0.0461.